The topological polar surface area (TPSA) is 79.7 Å². The van der Waals surface area contributed by atoms with Crippen molar-refractivity contribution >= 4 is 23.2 Å². The van der Waals surface area contributed by atoms with E-state index in [0.29, 0.717) is 13.0 Å². The zero-order valence-corrected chi connectivity index (χ0v) is 14.5. The molecule has 0 spiro atoms. The molecule has 0 aliphatic rings. The van der Waals surface area contributed by atoms with Crippen LogP contribution in [0.25, 0.3) is 0 Å². The Kier molecular flexibility index (Phi) is 6.45. The lowest BCUT2D eigenvalue weighted by Crippen LogP contribution is -2.42. The molecule has 7 heteroatoms. The van der Waals surface area contributed by atoms with Crippen LogP contribution in [0, 0.1) is 0 Å². The van der Waals surface area contributed by atoms with Crippen LogP contribution in [0.5, 0.6) is 0 Å². The van der Waals surface area contributed by atoms with Gasteiger partial charge in [0.25, 0.3) is 5.91 Å². The molecule has 2 heterocycles. The summed E-state index contributed by atoms with van der Waals surface area (Å²) in [7, 11) is 1.29. The van der Waals surface area contributed by atoms with Gasteiger partial charge in [-0.25, -0.2) is 4.79 Å². The maximum atomic E-state index is 12.8. The van der Waals surface area contributed by atoms with Crippen LogP contribution >= 0.6 is 11.3 Å². The maximum absolute atomic E-state index is 12.8. The number of esters is 1. The smallest absolute Gasteiger partial charge is 0.339 e. The van der Waals surface area contributed by atoms with Gasteiger partial charge in [-0.3, -0.25) is 9.78 Å². The van der Waals surface area contributed by atoms with Gasteiger partial charge in [0.15, 0.2) is 0 Å². The van der Waals surface area contributed by atoms with E-state index in [1.165, 1.54) is 25.4 Å². The van der Waals surface area contributed by atoms with Crippen molar-refractivity contribution in [2.75, 3.05) is 13.7 Å². The third-order valence-electron chi connectivity index (χ3n) is 3.72. The molecule has 24 heavy (non-hydrogen) atoms. The maximum Gasteiger partial charge on any atom is 0.339 e. The number of nitrogens with zero attached hydrogens (tertiary/aromatic N) is 2. The van der Waals surface area contributed by atoms with Crippen molar-refractivity contribution in [1.29, 1.82) is 0 Å². The second kappa shape index (κ2) is 8.56. The van der Waals surface area contributed by atoms with Gasteiger partial charge in [0.1, 0.15) is 5.69 Å². The van der Waals surface area contributed by atoms with Gasteiger partial charge in [0, 0.05) is 12.7 Å². The van der Waals surface area contributed by atoms with Crippen LogP contribution in [0.4, 0.5) is 0 Å². The molecular formula is C17H20N2O4S. The highest BCUT2D eigenvalue weighted by molar-refractivity contribution is 7.07. The normalized spacial score (nSPS) is 11.8. The fourth-order valence-corrected chi connectivity index (χ4v) is 2.96. The van der Waals surface area contributed by atoms with Gasteiger partial charge in [0.05, 0.1) is 25.3 Å². The van der Waals surface area contributed by atoms with Crippen molar-refractivity contribution in [3.63, 3.8) is 0 Å². The lowest BCUT2D eigenvalue weighted by molar-refractivity contribution is 0.0554. The van der Waals surface area contributed by atoms with Crippen molar-refractivity contribution in [1.82, 2.24) is 9.88 Å². The first-order chi connectivity index (χ1) is 11.6. The zero-order valence-electron chi connectivity index (χ0n) is 13.6. The quantitative estimate of drug-likeness (QED) is 0.777. The summed E-state index contributed by atoms with van der Waals surface area (Å²) in [5.41, 5.74) is 1.52. The molecule has 0 aromatic carbocycles. The second-order valence-corrected chi connectivity index (χ2v) is 6.01. The zero-order chi connectivity index (χ0) is 17.5. The van der Waals surface area contributed by atoms with Gasteiger partial charge in [-0.2, -0.15) is 11.3 Å². The number of rotatable bonds is 7. The molecule has 0 fully saturated rings. The van der Waals surface area contributed by atoms with Gasteiger partial charge >= 0.3 is 5.97 Å². The number of aromatic nitrogens is 1. The van der Waals surface area contributed by atoms with E-state index < -0.39 is 5.97 Å². The first-order valence-corrected chi connectivity index (χ1v) is 8.52. The number of amides is 1. The van der Waals surface area contributed by atoms with Crippen LogP contribution in [0.1, 0.15) is 39.8 Å². The molecule has 1 atom stereocenters. The Morgan fingerprint density at radius 3 is 2.67 bits per heavy atom. The second-order valence-electron chi connectivity index (χ2n) is 5.23. The van der Waals surface area contributed by atoms with E-state index in [1.54, 1.807) is 16.2 Å². The minimum Gasteiger partial charge on any atom is -0.465 e. The summed E-state index contributed by atoms with van der Waals surface area (Å²) in [6, 6.07) is 4.66. The van der Waals surface area contributed by atoms with E-state index in [1.807, 2.05) is 23.8 Å². The Morgan fingerprint density at radius 2 is 2.17 bits per heavy atom. The summed E-state index contributed by atoms with van der Waals surface area (Å²) in [5, 5.41) is 13.5. The summed E-state index contributed by atoms with van der Waals surface area (Å²) < 4.78 is 4.62. The Hall–Kier alpha value is -2.25. The number of thiophene rings is 1. The van der Waals surface area contributed by atoms with Crippen molar-refractivity contribution in [2.45, 2.75) is 25.9 Å². The Balaban J connectivity index is 2.24. The molecule has 0 saturated carbocycles. The molecule has 128 valence electrons. The summed E-state index contributed by atoms with van der Waals surface area (Å²) in [5.74, 6) is -0.781. The van der Waals surface area contributed by atoms with Gasteiger partial charge in [-0.15, -0.1) is 0 Å². The average molecular weight is 348 g/mol. The number of ether oxygens (including phenoxy) is 1. The van der Waals surface area contributed by atoms with E-state index in [0.717, 1.165) is 5.56 Å². The monoisotopic (exact) mass is 348 g/mol. The number of hydrogen-bond donors (Lipinski definition) is 1. The molecule has 0 bridgehead atoms. The number of aliphatic hydroxyl groups is 1. The summed E-state index contributed by atoms with van der Waals surface area (Å²) >= 11 is 1.56. The first kappa shape index (κ1) is 18.1. The lowest BCUT2D eigenvalue weighted by atomic mass is 10.1. The average Bonchev–Trinajstić information content (AvgIpc) is 3.14. The number of methoxy groups -OCH3 is 1. The van der Waals surface area contributed by atoms with Crippen LogP contribution < -0.4 is 0 Å². The van der Waals surface area contributed by atoms with E-state index in [-0.39, 0.29) is 29.8 Å². The van der Waals surface area contributed by atoms with E-state index in [9.17, 15) is 14.7 Å². The van der Waals surface area contributed by atoms with Crippen molar-refractivity contribution in [3.8, 4) is 0 Å². The van der Waals surface area contributed by atoms with Crippen molar-refractivity contribution in [3.05, 3.63) is 52.0 Å². The molecule has 0 unspecified atom stereocenters. The summed E-state index contributed by atoms with van der Waals surface area (Å²) in [6.45, 7) is 2.21. The minimum atomic E-state index is -0.501. The standard InChI is InChI=1S/C17H20N2O4S/c1-3-14(10-20)19(9-12-6-7-24-11-12)16(21)15-5-4-13(8-18-15)17(22)23-2/h4-8,11,14,20H,3,9-10H2,1-2H3/t14-/m1/s1. The highest BCUT2D eigenvalue weighted by Crippen LogP contribution is 2.16. The number of carbonyl (C=O) groups is 2. The van der Waals surface area contributed by atoms with E-state index in [2.05, 4.69) is 9.72 Å². The molecule has 6 nitrogen and oxygen atoms in total. The van der Waals surface area contributed by atoms with Crippen LogP contribution in [-0.2, 0) is 11.3 Å². The molecular weight excluding hydrogens is 328 g/mol. The first-order valence-electron chi connectivity index (χ1n) is 7.58. The molecule has 1 amide bonds. The lowest BCUT2D eigenvalue weighted by Gasteiger charge is -2.29. The highest BCUT2D eigenvalue weighted by atomic mass is 32.1. The molecule has 0 aliphatic heterocycles. The number of aliphatic hydroxyl groups excluding tert-OH is 1. The minimum absolute atomic E-state index is 0.118. The van der Waals surface area contributed by atoms with E-state index >= 15 is 0 Å². The molecule has 0 saturated heterocycles. The van der Waals surface area contributed by atoms with Gasteiger partial charge < -0.3 is 14.7 Å². The number of carbonyl (C=O) groups excluding carboxylic acids is 2. The van der Waals surface area contributed by atoms with Crippen molar-refractivity contribution in [2.24, 2.45) is 0 Å². The number of hydrogen-bond acceptors (Lipinski definition) is 6. The van der Waals surface area contributed by atoms with Gasteiger partial charge in [0.2, 0.25) is 0 Å². The third-order valence-corrected chi connectivity index (χ3v) is 4.45. The molecule has 2 aromatic rings. The Labute approximate surface area is 144 Å². The fourth-order valence-electron chi connectivity index (χ4n) is 2.30. The largest absolute Gasteiger partial charge is 0.465 e. The van der Waals surface area contributed by atoms with Gasteiger partial charge in [-0.1, -0.05) is 6.92 Å². The molecule has 0 aliphatic carbocycles. The fraction of sp³-hybridized carbons (Fsp3) is 0.353. The SMILES string of the molecule is CC[C@H](CO)N(Cc1ccsc1)C(=O)c1ccc(C(=O)OC)cn1. The predicted octanol–water partition coefficient (Wildman–Crippen LogP) is 2.34. The summed E-state index contributed by atoms with van der Waals surface area (Å²) in [4.78, 5) is 30.0. The van der Waals surface area contributed by atoms with Gasteiger partial charge in [-0.05, 0) is 40.9 Å². The Morgan fingerprint density at radius 1 is 1.38 bits per heavy atom. The van der Waals surface area contributed by atoms with Crippen LogP contribution in [0.3, 0.4) is 0 Å². The molecule has 2 aromatic heterocycles. The number of pyridine rings is 1. The van der Waals surface area contributed by atoms with Crippen LogP contribution in [0.15, 0.2) is 35.2 Å². The molecule has 1 N–H and O–H groups in total. The van der Waals surface area contributed by atoms with Crippen LogP contribution in [0.2, 0.25) is 0 Å². The summed E-state index contributed by atoms with van der Waals surface area (Å²) in [6.07, 6.45) is 1.95. The highest BCUT2D eigenvalue weighted by Gasteiger charge is 2.24. The molecule has 2 rings (SSSR count). The molecule has 0 radical (unpaired) electrons. The third kappa shape index (κ3) is 4.18. The van der Waals surface area contributed by atoms with Crippen LogP contribution in [-0.4, -0.2) is 46.6 Å². The van der Waals surface area contributed by atoms with E-state index in [4.69, 9.17) is 0 Å². The predicted molar refractivity (Wildman–Crippen MR) is 90.9 cm³/mol. The van der Waals surface area contributed by atoms with Crippen molar-refractivity contribution < 1.29 is 19.4 Å². The Bertz CT molecular complexity index is 666.